The Morgan fingerprint density at radius 1 is 1.16 bits per heavy atom. The molecule has 0 radical (unpaired) electrons. The smallest absolute Gasteiger partial charge is 0.294 e. The van der Waals surface area contributed by atoms with Crippen molar-refractivity contribution in [2.45, 2.75) is 38.0 Å². The molecule has 2 aromatic carbocycles. The number of hydrogen-bond acceptors (Lipinski definition) is 3. The zero-order valence-corrected chi connectivity index (χ0v) is 15.6. The molecule has 1 amide bonds. The van der Waals surface area contributed by atoms with E-state index in [1.54, 1.807) is 12.1 Å². The van der Waals surface area contributed by atoms with Crippen LogP contribution in [0.15, 0.2) is 47.4 Å². The first-order chi connectivity index (χ1) is 11.3. The number of benzene rings is 2. The number of amides is 1. The van der Waals surface area contributed by atoms with E-state index in [9.17, 15) is 13.2 Å². The second kappa shape index (κ2) is 8.78. The molecule has 25 heavy (non-hydrogen) atoms. The van der Waals surface area contributed by atoms with Crippen LogP contribution in [0.4, 0.5) is 5.69 Å². The predicted octanol–water partition coefficient (Wildman–Crippen LogP) is 4.29. The van der Waals surface area contributed by atoms with Gasteiger partial charge in [0.15, 0.2) is 0 Å². The number of unbranched alkanes of at least 4 members (excludes halogenated alkanes) is 1. The largest absolute Gasteiger partial charge is 0.358 e. The molecule has 0 unspecified atom stereocenters. The van der Waals surface area contributed by atoms with E-state index in [0.29, 0.717) is 11.3 Å². The van der Waals surface area contributed by atoms with E-state index >= 15 is 0 Å². The minimum atomic E-state index is -4.30. The molecule has 136 valence electrons. The number of carbonyl (C=O) groups excluding carboxylic acids is 1. The minimum absolute atomic E-state index is 0. The number of carbonyl (C=O) groups is 1. The van der Waals surface area contributed by atoms with Crippen molar-refractivity contribution in [3.63, 3.8) is 0 Å². The maximum absolute atomic E-state index is 12.4. The molecular formula is C19H24NO4S-. The average molecular weight is 362 g/mol. The van der Waals surface area contributed by atoms with Gasteiger partial charge in [0.2, 0.25) is 0 Å². The van der Waals surface area contributed by atoms with Gasteiger partial charge in [-0.15, -0.1) is 0 Å². The van der Waals surface area contributed by atoms with E-state index in [2.05, 4.69) is 12.2 Å². The van der Waals surface area contributed by atoms with Gasteiger partial charge in [-0.05, 0) is 55.2 Å². The standard InChI is InChI=1S/C18H21NO4S.CH3/c1-3-4-6-14-9-10-17(13(2)11-14)18(20)19-15-7-5-8-16(12-15)24(21,22)23;/h5,7-12H,3-4,6H2,1-2H3,(H,19,20)(H,21,22,23);1H3/q;-1. The highest BCUT2D eigenvalue weighted by molar-refractivity contribution is 7.85. The third-order valence-electron chi connectivity index (χ3n) is 3.74. The second-order valence-corrected chi connectivity index (χ2v) is 7.13. The maximum atomic E-state index is 12.4. The average Bonchev–Trinajstić information content (AvgIpc) is 2.52. The number of nitrogens with one attached hydrogen (secondary N) is 1. The highest BCUT2D eigenvalue weighted by Gasteiger charge is 2.13. The summed E-state index contributed by atoms with van der Waals surface area (Å²) in [5, 5.41) is 2.66. The Bertz CT molecular complexity index is 844. The van der Waals surface area contributed by atoms with Crippen molar-refractivity contribution in [3.8, 4) is 0 Å². The lowest BCUT2D eigenvalue weighted by Crippen LogP contribution is -2.14. The van der Waals surface area contributed by atoms with Crippen molar-refractivity contribution >= 4 is 21.7 Å². The second-order valence-electron chi connectivity index (χ2n) is 5.71. The van der Waals surface area contributed by atoms with Crippen LogP contribution in [0.1, 0.15) is 41.3 Å². The summed E-state index contributed by atoms with van der Waals surface area (Å²) in [6, 6.07) is 11.2. The first kappa shape index (κ1) is 20.9. The van der Waals surface area contributed by atoms with Crippen LogP contribution in [0.2, 0.25) is 0 Å². The van der Waals surface area contributed by atoms with Crippen LogP contribution >= 0.6 is 0 Å². The van der Waals surface area contributed by atoms with Gasteiger partial charge in [-0.25, -0.2) is 0 Å². The topological polar surface area (TPSA) is 83.5 Å². The normalized spacial score (nSPS) is 10.8. The molecule has 0 heterocycles. The maximum Gasteiger partial charge on any atom is 0.294 e. The van der Waals surface area contributed by atoms with Crippen molar-refractivity contribution in [1.29, 1.82) is 0 Å². The summed E-state index contributed by atoms with van der Waals surface area (Å²) in [6.07, 6.45) is 3.20. The first-order valence-electron chi connectivity index (χ1n) is 7.79. The number of anilines is 1. The number of rotatable bonds is 6. The van der Waals surface area contributed by atoms with E-state index in [-0.39, 0.29) is 18.2 Å². The van der Waals surface area contributed by atoms with Gasteiger partial charge in [-0.2, -0.15) is 8.42 Å². The molecule has 0 atom stereocenters. The van der Waals surface area contributed by atoms with Gasteiger partial charge in [0.1, 0.15) is 0 Å². The fourth-order valence-electron chi connectivity index (χ4n) is 2.45. The molecule has 5 nitrogen and oxygen atoms in total. The Balaban J connectivity index is 0.00000312. The van der Waals surface area contributed by atoms with E-state index in [1.165, 1.54) is 23.8 Å². The summed E-state index contributed by atoms with van der Waals surface area (Å²) >= 11 is 0. The Kier molecular flexibility index (Phi) is 7.33. The summed E-state index contributed by atoms with van der Waals surface area (Å²) < 4.78 is 31.4. The molecule has 2 aromatic rings. The Morgan fingerprint density at radius 2 is 1.88 bits per heavy atom. The van der Waals surface area contributed by atoms with E-state index < -0.39 is 10.1 Å². The molecular weight excluding hydrogens is 338 g/mol. The molecule has 0 aliphatic rings. The number of aryl methyl sites for hydroxylation is 2. The molecule has 0 saturated heterocycles. The van der Waals surface area contributed by atoms with Crippen LogP contribution in [-0.2, 0) is 16.5 Å². The first-order valence-corrected chi connectivity index (χ1v) is 9.23. The number of hydrogen-bond donors (Lipinski definition) is 2. The Hall–Kier alpha value is -2.18. The van der Waals surface area contributed by atoms with Gasteiger partial charge in [-0.3, -0.25) is 9.35 Å². The summed E-state index contributed by atoms with van der Waals surface area (Å²) in [5.74, 6) is -0.318. The van der Waals surface area contributed by atoms with Gasteiger partial charge in [0.05, 0.1) is 4.90 Å². The van der Waals surface area contributed by atoms with E-state index in [1.807, 2.05) is 19.1 Å². The summed E-state index contributed by atoms with van der Waals surface area (Å²) in [5.41, 5.74) is 2.91. The zero-order valence-electron chi connectivity index (χ0n) is 14.7. The summed E-state index contributed by atoms with van der Waals surface area (Å²) in [4.78, 5) is 12.1. The fraction of sp³-hybridized carbons (Fsp3) is 0.263. The summed E-state index contributed by atoms with van der Waals surface area (Å²) in [6.45, 7) is 4.01. The third kappa shape index (κ3) is 5.69. The van der Waals surface area contributed by atoms with Gasteiger partial charge in [-0.1, -0.05) is 31.5 Å². The highest BCUT2D eigenvalue weighted by atomic mass is 32.2. The molecule has 0 aromatic heterocycles. The van der Waals surface area contributed by atoms with Crippen LogP contribution < -0.4 is 5.32 Å². The molecule has 0 aliphatic carbocycles. The quantitative estimate of drug-likeness (QED) is 0.593. The van der Waals surface area contributed by atoms with E-state index in [4.69, 9.17) is 4.55 Å². The van der Waals surface area contributed by atoms with E-state index in [0.717, 1.165) is 24.8 Å². The van der Waals surface area contributed by atoms with Crippen molar-refractivity contribution in [3.05, 3.63) is 66.6 Å². The fourth-order valence-corrected chi connectivity index (χ4v) is 2.98. The molecule has 0 aliphatic heterocycles. The lowest BCUT2D eigenvalue weighted by molar-refractivity contribution is 0.102. The monoisotopic (exact) mass is 362 g/mol. The summed E-state index contributed by atoms with van der Waals surface area (Å²) in [7, 11) is -4.30. The van der Waals surface area contributed by atoms with Crippen molar-refractivity contribution in [2.24, 2.45) is 0 Å². The molecule has 6 heteroatoms. The highest BCUT2D eigenvalue weighted by Crippen LogP contribution is 2.18. The third-order valence-corrected chi connectivity index (χ3v) is 4.59. The minimum Gasteiger partial charge on any atom is -0.358 e. The van der Waals surface area contributed by atoms with Gasteiger partial charge >= 0.3 is 0 Å². The van der Waals surface area contributed by atoms with Crippen molar-refractivity contribution in [2.75, 3.05) is 5.32 Å². The molecule has 0 bridgehead atoms. The van der Waals surface area contributed by atoms with Crippen LogP contribution in [0.5, 0.6) is 0 Å². The van der Waals surface area contributed by atoms with Crippen LogP contribution in [-0.4, -0.2) is 18.9 Å². The molecule has 2 rings (SSSR count). The molecule has 0 saturated carbocycles. The Morgan fingerprint density at radius 3 is 2.48 bits per heavy atom. The predicted molar refractivity (Wildman–Crippen MR) is 100 cm³/mol. The van der Waals surface area contributed by atoms with Gasteiger partial charge in [0.25, 0.3) is 16.0 Å². The molecule has 0 fully saturated rings. The molecule has 0 spiro atoms. The zero-order chi connectivity index (χ0) is 17.7. The van der Waals surface area contributed by atoms with Crippen LogP contribution in [0, 0.1) is 14.4 Å². The SMILES string of the molecule is CCCCc1ccc(C(=O)Nc2cccc(S(=O)(=O)O)c2)c(C)c1.[CH3-]. The van der Waals surface area contributed by atoms with Crippen LogP contribution in [0.3, 0.4) is 0 Å². The van der Waals surface area contributed by atoms with Gasteiger partial charge < -0.3 is 12.7 Å². The Labute approximate surface area is 149 Å². The van der Waals surface area contributed by atoms with Gasteiger partial charge in [0, 0.05) is 11.3 Å². The lowest BCUT2D eigenvalue weighted by Gasteiger charge is -2.10. The van der Waals surface area contributed by atoms with Crippen molar-refractivity contribution < 1.29 is 17.8 Å². The molecule has 2 N–H and O–H groups in total. The van der Waals surface area contributed by atoms with Crippen LogP contribution in [0.25, 0.3) is 0 Å². The van der Waals surface area contributed by atoms with Crippen molar-refractivity contribution in [1.82, 2.24) is 0 Å². The lowest BCUT2D eigenvalue weighted by atomic mass is 10.0.